The molecule has 14 nitrogen and oxygen atoms in total. The average molecular weight is 742 g/mol. The van der Waals surface area contributed by atoms with Crippen LogP contribution in [0.1, 0.15) is 67.7 Å². The summed E-state index contributed by atoms with van der Waals surface area (Å²) < 4.78 is 0. The van der Waals surface area contributed by atoms with E-state index in [1.807, 2.05) is 66.7 Å². The molecule has 2 aromatic carbocycles. The molecule has 1 fully saturated rings. The molecule has 1 aliphatic heterocycles. The van der Waals surface area contributed by atoms with Crippen LogP contribution in [0.3, 0.4) is 0 Å². The summed E-state index contributed by atoms with van der Waals surface area (Å²) >= 11 is 0. The number of likely N-dealkylation sites (tertiary alicyclic amines) is 1. The highest BCUT2D eigenvalue weighted by Crippen LogP contribution is 2.36. The molecule has 1 aromatic heterocycles. The number of carbonyl (C=O) groups is 6. The zero-order valence-electron chi connectivity index (χ0n) is 30.7. The fourth-order valence-electron chi connectivity index (χ4n) is 6.53. The number of amides is 6. The number of aromatic nitrogens is 1. The number of hydrogen-bond acceptors (Lipinski definition) is 7. The van der Waals surface area contributed by atoms with Gasteiger partial charge in [-0.15, -0.1) is 0 Å². The number of pyridine rings is 1. The zero-order valence-corrected chi connectivity index (χ0v) is 30.7. The molecule has 1 aliphatic rings. The summed E-state index contributed by atoms with van der Waals surface area (Å²) in [6.07, 6.45) is 6.75. The Morgan fingerprint density at radius 2 is 1.35 bits per heavy atom. The van der Waals surface area contributed by atoms with E-state index in [1.165, 1.54) is 0 Å². The topological polar surface area (TPSA) is 199 Å². The molecule has 3 aromatic rings. The van der Waals surface area contributed by atoms with E-state index in [0.717, 1.165) is 42.4 Å². The molecule has 0 saturated carbocycles. The second-order valence-electron chi connectivity index (χ2n) is 13.4. The smallest absolute Gasteiger partial charge is 0.404 e. The third-order valence-corrected chi connectivity index (χ3v) is 9.38. The lowest BCUT2D eigenvalue weighted by molar-refractivity contribution is -0.132. The van der Waals surface area contributed by atoms with E-state index in [-0.39, 0.29) is 56.5 Å². The van der Waals surface area contributed by atoms with Crippen LogP contribution in [0.25, 0.3) is 0 Å². The number of nitrogens with zero attached hydrogens (tertiary/aromatic N) is 2. The summed E-state index contributed by atoms with van der Waals surface area (Å²) in [6.45, 7) is 0.581. The molecule has 2 heterocycles. The summed E-state index contributed by atoms with van der Waals surface area (Å²) in [5, 5.41) is 22.4. The Morgan fingerprint density at radius 1 is 0.741 bits per heavy atom. The Kier molecular flexibility index (Phi) is 16.4. The van der Waals surface area contributed by atoms with Gasteiger partial charge in [-0.1, -0.05) is 86.0 Å². The van der Waals surface area contributed by atoms with E-state index < -0.39 is 42.0 Å². The third-order valence-electron chi connectivity index (χ3n) is 9.38. The first kappa shape index (κ1) is 41.0. The Morgan fingerprint density at radius 3 is 1.98 bits per heavy atom. The third kappa shape index (κ3) is 13.3. The van der Waals surface area contributed by atoms with Crippen molar-refractivity contribution in [2.45, 2.75) is 75.9 Å². The highest BCUT2D eigenvalue weighted by molar-refractivity contribution is 5.93. The quantitative estimate of drug-likeness (QED) is 0.0896. The lowest BCUT2D eigenvalue weighted by atomic mass is 9.94. The number of hydrogen-bond donors (Lipinski definition) is 6. The van der Waals surface area contributed by atoms with Gasteiger partial charge in [-0.3, -0.25) is 29.0 Å². The van der Waals surface area contributed by atoms with Gasteiger partial charge in [0.2, 0.25) is 29.5 Å². The summed E-state index contributed by atoms with van der Waals surface area (Å²) in [5.74, 6) is -2.29. The fraction of sp³-hybridized carbons (Fsp3) is 0.425. The predicted octanol–water partition coefficient (Wildman–Crippen LogP) is 2.90. The monoisotopic (exact) mass is 741 g/mol. The molecule has 0 unspecified atom stereocenters. The summed E-state index contributed by atoms with van der Waals surface area (Å²) in [6, 6.07) is 19.8. The van der Waals surface area contributed by atoms with Gasteiger partial charge in [0.05, 0.1) is 12.0 Å². The molecule has 54 heavy (non-hydrogen) atoms. The maximum absolute atomic E-state index is 13.8. The summed E-state index contributed by atoms with van der Waals surface area (Å²) in [4.78, 5) is 82.5. The largest absolute Gasteiger partial charge is 0.465 e. The van der Waals surface area contributed by atoms with Crippen molar-refractivity contribution in [2.24, 2.45) is 5.92 Å². The van der Waals surface area contributed by atoms with Crippen LogP contribution in [-0.4, -0.2) is 89.4 Å². The highest BCUT2D eigenvalue weighted by Gasteiger charge is 2.42. The number of nitrogens with one attached hydrogen (secondary N) is 5. The average Bonchev–Trinajstić information content (AvgIpc) is 3.47. The van der Waals surface area contributed by atoms with Crippen molar-refractivity contribution in [1.82, 2.24) is 36.5 Å². The van der Waals surface area contributed by atoms with E-state index in [2.05, 4.69) is 31.6 Å². The van der Waals surface area contributed by atoms with Gasteiger partial charge < -0.3 is 36.6 Å². The van der Waals surface area contributed by atoms with E-state index in [4.69, 9.17) is 5.11 Å². The minimum Gasteiger partial charge on any atom is -0.465 e. The van der Waals surface area contributed by atoms with Gasteiger partial charge in [-0.05, 0) is 35.6 Å². The van der Waals surface area contributed by atoms with Gasteiger partial charge in [-0.2, -0.15) is 0 Å². The Labute approximate surface area is 315 Å². The van der Waals surface area contributed by atoms with Gasteiger partial charge in [0.1, 0.15) is 12.1 Å². The standard InChI is InChI=1S/C40H51N7O7/c1-47-35(49)26-31(36(47)30-18-13-20-41-27-30)37(50)42-22-23-43-38(51)32(24-28-14-7-5-8-15-28)46-39(52)33(25-29-16-9-6-10-17-29)45-34(48)19-11-3-2-4-12-21-44-40(53)54/h5-10,13-18,20,27,31-33,36,44H,2-4,11-12,19,21-26H2,1H3,(H,42,50)(H,43,51)(H,45,48)(H,46,52)(H,53,54)/t31-,32-,33-,36+/m0/s1. The predicted molar refractivity (Wildman–Crippen MR) is 202 cm³/mol. The first-order valence-electron chi connectivity index (χ1n) is 18.5. The molecule has 4 atom stereocenters. The molecule has 0 aliphatic carbocycles. The van der Waals surface area contributed by atoms with Crippen molar-refractivity contribution in [3.05, 3.63) is 102 Å². The normalized spacial score (nSPS) is 16.2. The van der Waals surface area contributed by atoms with Crippen LogP contribution in [-0.2, 0) is 36.8 Å². The molecule has 6 N–H and O–H groups in total. The van der Waals surface area contributed by atoms with Crippen molar-refractivity contribution in [3.8, 4) is 0 Å². The molecule has 1 saturated heterocycles. The van der Waals surface area contributed by atoms with Crippen LogP contribution in [0.2, 0.25) is 0 Å². The second-order valence-corrected chi connectivity index (χ2v) is 13.4. The van der Waals surface area contributed by atoms with Crippen LogP contribution in [0, 0.1) is 5.92 Å². The minimum absolute atomic E-state index is 0.0637. The van der Waals surface area contributed by atoms with Gasteiger partial charge in [0.15, 0.2) is 0 Å². The van der Waals surface area contributed by atoms with Crippen LogP contribution in [0.15, 0.2) is 85.2 Å². The first-order chi connectivity index (χ1) is 26.1. The van der Waals surface area contributed by atoms with Gasteiger partial charge in [-0.25, -0.2) is 4.79 Å². The van der Waals surface area contributed by atoms with E-state index >= 15 is 0 Å². The fourth-order valence-corrected chi connectivity index (χ4v) is 6.53. The lowest BCUT2D eigenvalue weighted by Crippen LogP contribution is -2.55. The van der Waals surface area contributed by atoms with Crippen molar-refractivity contribution >= 4 is 35.6 Å². The molecule has 0 spiro atoms. The molecule has 4 rings (SSSR count). The maximum atomic E-state index is 13.8. The molecule has 6 amide bonds. The van der Waals surface area contributed by atoms with Crippen molar-refractivity contribution in [2.75, 3.05) is 26.7 Å². The first-order valence-corrected chi connectivity index (χ1v) is 18.5. The van der Waals surface area contributed by atoms with Crippen molar-refractivity contribution in [3.63, 3.8) is 0 Å². The molecule has 0 bridgehead atoms. The number of benzene rings is 2. The zero-order chi connectivity index (χ0) is 38.7. The van der Waals surface area contributed by atoms with E-state index in [9.17, 15) is 28.8 Å². The van der Waals surface area contributed by atoms with Gasteiger partial charge >= 0.3 is 6.09 Å². The Hall–Kier alpha value is -5.79. The van der Waals surface area contributed by atoms with Crippen LogP contribution >= 0.6 is 0 Å². The van der Waals surface area contributed by atoms with Crippen molar-refractivity contribution < 1.29 is 33.9 Å². The molecular weight excluding hydrogens is 690 g/mol. The SMILES string of the molecule is CN1C(=O)C[C@H](C(=O)NCCNC(=O)[C@H](Cc2ccccc2)NC(=O)[C@H](Cc2ccccc2)NC(=O)CCCCCCCNC(=O)O)[C@H]1c1cccnc1. The van der Waals surface area contributed by atoms with Gasteiger partial charge in [0.25, 0.3) is 0 Å². The molecule has 288 valence electrons. The number of carboxylic acid groups (broad SMARTS) is 1. The number of unbranched alkanes of at least 4 members (excludes halogenated alkanes) is 4. The lowest BCUT2D eigenvalue weighted by Gasteiger charge is -2.25. The van der Waals surface area contributed by atoms with Crippen LogP contribution in [0.4, 0.5) is 4.79 Å². The van der Waals surface area contributed by atoms with Crippen LogP contribution < -0.4 is 26.6 Å². The summed E-state index contributed by atoms with van der Waals surface area (Å²) in [5.41, 5.74) is 2.43. The molecule has 0 radical (unpaired) electrons. The van der Waals surface area contributed by atoms with Crippen LogP contribution in [0.5, 0.6) is 0 Å². The van der Waals surface area contributed by atoms with E-state index in [0.29, 0.717) is 13.0 Å². The highest BCUT2D eigenvalue weighted by atomic mass is 16.4. The second kappa shape index (κ2) is 21.7. The molecule has 14 heteroatoms. The minimum atomic E-state index is -1.04. The van der Waals surface area contributed by atoms with E-state index in [1.54, 1.807) is 30.4 Å². The number of rotatable bonds is 21. The molecular formula is C40H51N7O7. The Balaban J connectivity index is 1.34. The van der Waals surface area contributed by atoms with Crippen molar-refractivity contribution in [1.29, 1.82) is 0 Å². The maximum Gasteiger partial charge on any atom is 0.404 e. The summed E-state index contributed by atoms with van der Waals surface area (Å²) in [7, 11) is 1.67. The number of carbonyl (C=O) groups excluding carboxylic acids is 5. The van der Waals surface area contributed by atoms with Gasteiger partial charge in [0, 0.05) is 64.8 Å². The Bertz CT molecular complexity index is 1680.